The number of carbonyl (C=O) groups excluding carboxylic acids is 1. The van der Waals surface area contributed by atoms with Gasteiger partial charge in [0, 0.05) is 17.7 Å². The van der Waals surface area contributed by atoms with E-state index in [1.807, 2.05) is 0 Å². The first-order valence-electron chi connectivity index (χ1n) is 4.05. The average molecular weight is 215 g/mol. The van der Waals surface area contributed by atoms with Gasteiger partial charge in [0.25, 0.3) is 0 Å². The fraction of sp³-hybridized carbons (Fsp3) is 0.300. The van der Waals surface area contributed by atoms with E-state index in [-0.39, 0.29) is 0 Å². The zero-order valence-corrected chi connectivity index (χ0v) is 8.75. The summed E-state index contributed by atoms with van der Waals surface area (Å²) in [4.78, 5) is 11.3. The van der Waals surface area contributed by atoms with Gasteiger partial charge in [-0.3, -0.25) is 0 Å². The number of carbonyl (C=O) groups is 1. The van der Waals surface area contributed by atoms with E-state index in [0.29, 0.717) is 10.6 Å². The van der Waals surface area contributed by atoms with Crippen LogP contribution >= 0.6 is 11.6 Å². The Labute approximate surface area is 87.6 Å². The number of hydrogen-bond acceptors (Lipinski definition) is 3. The second kappa shape index (κ2) is 4.98. The van der Waals surface area contributed by atoms with Crippen LogP contribution in [0.3, 0.4) is 0 Å². The molecule has 4 heteroatoms. The Bertz CT molecular complexity index is 325. The first kappa shape index (κ1) is 11.0. The van der Waals surface area contributed by atoms with E-state index < -0.39 is 12.1 Å². The van der Waals surface area contributed by atoms with Crippen molar-refractivity contribution in [3.63, 3.8) is 0 Å². The van der Waals surface area contributed by atoms with Crippen LogP contribution in [0.5, 0.6) is 0 Å². The van der Waals surface area contributed by atoms with Gasteiger partial charge in [-0.25, -0.2) is 4.79 Å². The standard InChI is InChI=1S/C10H11ClO3/c1-13-9(10(12)14-2)7-5-3-4-6-8(7)11/h3-6,9H,1-2H3. The van der Waals surface area contributed by atoms with Gasteiger partial charge in [-0.15, -0.1) is 0 Å². The van der Waals surface area contributed by atoms with Crippen molar-refractivity contribution >= 4 is 17.6 Å². The molecule has 14 heavy (non-hydrogen) atoms. The highest BCUT2D eigenvalue weighted by molar-refractivity contribution is 6.31. The monoisotopic (exact) mass is 214 g/mol. The molecule has 76 valence electrons. The normalized spacial score (nSPS) is 12.2. The largest absolute Gasteiger partial charge is 0.467 e. The van der Waals surface area contributed by atoms with E-state index in [0.717, 1.165) is 0 Å². The third-order valence-electron chi connectivity index (χ3n) is 1.84. The summed E-state index contributed by atoms with van der Waals surface area (Å²) in [5.41, 5.74) is 0.614. The smallest absolute Gasteiger partial charge is 0.339 e. The predicted molar refractivity (Wildman–Crippen MR) is 53.2 cm³/mol. The van der Waals surface area contributed by atoms with Crippen LogP contribution in [0.25, 0.3) is 0 Å². The maximum Gasteiger partial charge on any atom is 0.339 e. The number of esters is 1. The van der Waals surface area contributed by atoms with Crippen molar-refractivity contribution in [3.05, 3.63) is 34.9 Å². The van der Waals surface area contributed by atoms with Crippen molar-refractivity contribution in [1.29, 1.82) is 0 Å². The first-order valence-corrected chi connectivity index (χ1v) is 4.43. The minimum Gasteiger partial charge on any atom is -0.467 e. The Morgan fingerprint density at radius 2 is 2.00 bits per heavy atom. The molecule has 0 amide bonds. The minimum atomic E-state index is -0.756. The number of methoxy groups -OCH3 is 2. The fourth-order valence-electron chi connectivity index (χ4n) is 1.14. The third-order valence-corrected chi connectivity index (χ3v) is 2.18. The average Bonchev–Trinajstić information content (AvgIpc) is 2.21. The number of halogens is 1. The van der Waals surface area contributed by atoms with Gasteiger partial charge in [-0.05, 0) is 6.07 Å². The molecule has 0 radical (unpaired) electrons. The molecule has 1 aromatic rings. The number of rotatable bonds is 3. The molecule has 1 aromatic carbocycles. The van der Waals surface area contributed by atoms with Crippen LogP contribution < -0.4 is 0 Å². The molecule has 0 aliphatic rings. The van der Waals surface area contributed by atoms with Crippen LogP contribution in [-0.4, -0.2) is 20.2 Å². The van der Waals surface area contributed by atoms with Crippen molar-refractivity contribution in [3.8, 4) is 0 Å². The van der Waals surface area contributed by atoms with Gasteiger partial charge >= 0.3 is 5.97 Å². The molecule has 0 N–H and O–H groups in total. The zero-order chi connectivity index (χ0) is 10.6. The summed E-state index contributed by atoms with van der Waals surface area (Å²) < 4.78 is 9.60. The van der Waals surface area contributed by atoms with Crippen molar-refractivity contribution in [1.82, 2.24) is 0 Å². The Kier molecular flexibility index (Phi) is 3.92. The maximum absolute atomic E-state index is 11.3. The lowest BCUT2D eigenvalue weighted by molar-refractivity contribution is -0.152. The number of ether oxygens (including phenoxy) is 2. The third kappa shape index (κ3) is 2.25. The van der Waals surface area contributed by atoms with Crippen molar-refractivity contribution in [2.24, 2.45) is 0 Å². The maximum atomic E-state index is 11.3. The van der Waals surface area contributed by atoms with Gasteiger partial charge in [0.2, 0.25) is 0 Å². The summed E-state index contributed by atoms with van der Waals surface area (Å²) in [7, 11) is 2.75. The minimum absolute atomic E-state index is 0.458. The summed E-state index contributed by atoms with van der Waals surface area (Å²) in [5.74, 6) is -0.458. The molecule has 0 fully saturated rings. The number of hydrogen-bond donors (Lipinski definition) is 0. The second-order valence-corrected chi connectivity index (χ2v) is 3.07. The SMILES string of the molecule is COC(=O)C(OC)c1ccccc1Cl. The molecular formula is C10H11ClO3. The molecule has 1 atom stereocenters. The molecule has 0 heterocycles. The summed E-state index contributed by atoms with van der Waals surface area (Å²) in [6.07, 6.45) is -0.756. The van der Waals surface area contributed by atoms with E-state index in [9.17, 15) is 4.79 Å². The van der Waals surface area contributed by atoms with Crippen LogP contribution in [-0.2, 0) is 14.3 Å². The van der Waals surface area contributed by atoms with E-state index in [1.165, 1.54) is 14.2 Å². The molecule has 1 unspecified atom stereocenters. The number of benzene rings is 1. The van der Waals surface area contributed by atoms with Crippen LogP contribution in [0.1, 0.15) is 11.7 Å². The van der Waals surface area contributed by atoms with Crippen LogP contribution in [0.4, 0.5) is 0 Å². The molecule has 0 aliphatic carbocycles. The lowest BCUT2D eigenvalue weighted by atomic mass is 10.1. The summed E-state index contributed by atoms with van der Waals surface area (Å²) in [6, 6.07) is 7.01. The highest BCUT2D eigenvalue weighted by Gasteiger charge is 2.22. The molecule has 0 saturated carbocycles. The summed E-state index contributed by atoms with van der Waals surface area (Å²) in [6.45, 7) is 0. The van der Waals surface area contributed by atoms with Crippen LogP contribution in [0, 0.1) is 0 Å². The lowest BCUT2D eigenvalue weighted by Crippen LogP contribution is -2.16. The topological polar surface area (TPSA) is 35.5 Å². The molecule has 0 saturated heterocycles. The molecule has 0 spiro atoms. The molecular weight excluding hydrogens is 204 g/mol. The Balaban J connectivity index is 3.01. The molecule has 0 bridgehead atoms. The highest BCUT2D eigenvalue weighted by Crippen LogP contribution is 2.25. The van der Waals surface area contributed by atoms with Crippen molar-refractivity contribution < 1.29 is 14.3 Å². The lowest BCUT2D eigenvalue weighted by Gasteiger charge is -2.14. The van der Waals surface area contributed by atoms with Gasteiger partial charge < -0.3 is 9.47 Å². The van der Waals surface area contributed by atoms with Crippen LogP contribution in [0.15, 0.2) is 24.3 Å². The fourth-order valence-corrected chi connectivity index (χ4v) is 1.38. The highest BCUT2D eigenvalue weighted by atomic mass is 35.5. The molecule has 1 rings (SSSR count). The van der Waals surface area contributed by atoms with E-state index in [1.54, 1.807) is 24.3 Å². The molecule has 0 aromatic heterocycles. The summed E-state index contributed by atoms with van der Waals surface area (Å²) >= 11 is 5.91. The quantitative estimate of drug-likeness (QED) is 0.724. The zero-order valence-electron chi connectivity index (χ0n) is 7.99. The first-order chi connectivity index (χ1) is 6.70. The van der Waals surface area contributed by atoms with E-state index >= 15 is 0 Å². The van der Waals surface area contributed by atoms with E-state index in [2.05, 4.69) is 4.74 Å². The van der Waals surface area contributed by atoms with Gasteiger partial charge in [-0.2, -0.15) is 0 Å². The second-order valence-electron chi connectivity index (χ2n) is 2.66. The van der Waals surface area contributed by atoms with Gasteiger partial charge in [0.15, 0.2) is 6.10 Å². The van der Waals surface area contributed by atoms with Crippen LogP contribution in [0.2, 0.25) is 5.02 Å². The Morgan fingerprint density at radius 3 is 2.50 bits per heavy atom. The Morgan fingerprint density at radius 1 is 1.36 bits per heavy atom. The molecule has 3 nitrogen and oxygen atoms in total. The summed E-state index contributed by atoms with van der Waals surface area (Å²) in [5, 5.41) is 0.491. The van der Waals surface area contributed by atoms with Gasteiger partial charge in [-0.1, -0.05) is 29.8 Å². The van der Waals surface area contributed by atoms with Gasteiger partial charge in [0.1, 0.15) is 0 Å². The van der Waals surface area contributed by atoms with Crippen molar-refractivity contribution in [2.75, 3.05) is 14.2 Å². The Hall–Kier alpha value is -1.06. The van der Waals surface area contributed by atoms with E-state index in [4.69, 9.17) is 16.3 Å². The van der Waals surface area contributed by atoms with Crippen molar-refractivity contribution in [2.45, 2.75) is 6.10 Å². The van der Waals surface area contributed by atoms with Gasteiger partial charge in [0.05, 0.1) is 7.11 Å². The molecule has 0 aliphatic heterocycles. The predicted octanol–water partition coefficient (Wildman–Crippen LogP) is 2.20.